The highest BCUT2D eigenvalue weighted by Crippen LogP contribution is 2.26. The van der Waals surface area contributed by atoms with E-state index in [4.69, 9.17) is 9.47 Å². The summed E-state index contributed by atoms with van der Waals surface area (Å²) in [6.45, 7) is 0.656. The van der Waals surface area contributed by atoms with E-state index in [2.05, 4.69) is 10.6 Å². The maximum Gasteiger partial charge on any atom is 0.257 e. The number of ether oxygens (including phenoxy) is 2. The van der Waals surface area contributed by atoms with Crippen LogP contribution in [-0.4, -0.2) is 32.1 Å². The molecular formula is C29H28N2O4. The second-order valence-electron chi connectivity index (χ2n) is 8.06. The van der Waals surface area contributed by atoms with Crippen LogP contribution in [0.15, 0.2) is 91.0 Å². The maximum atomic E-state index is 13.0. The molecular weight excluding hydrogens is 440 g/mol. The van der Waals surface area contributed by atoms with E-state index < -0.39 is 0 Å². The molecule has 0 aliphatic rings. The van der Waals surface area contributed by atoms with Gasteiger partial charge in [-0.15, -0.1) is 0 Å². The molecule has 0 aromatic heterocycles. The molecule has 2 amide bonds. The lowest BCUT2D eigenvalue weighted by atomic mass is 10.1. The Labute approximate surface area is 204 Å². The van der Waals surface area contributed by atoms with Gasteiger partial charge in [0, 0.05) is 13.1 Å². The summed E-state index contributed by atoms with van der Waals surface area (Å²) in [7, 11) is 1.63. The first-order valence-corrected chi connectivity index (χ1v) is 11.5. The monoisotopic (exact) mass is 468 g/mol. The van der Waals surface area contributed by atoms with E-state index in [0.717, 1.165) is 27.6 Å². The molecule has 4 aromatic carbocycles. The summed E-state index contributed by atoms with van der Waals surface area (Å²) in [5.74, 6) is 0.643. The van der Waals surface area contributed by atoms with Crippen molar-refractivity contribution in [2.75, 3.05) is 20.3 Å². The average molecular weight is 469 g/mol. The third kappa shape index (κ3) is 6.38. The summed E-state index contributed by atoms with van der Waals surface area (Å²) in [5, 5.41) is 7.66. The molecule has 0 spiro atoms. The summed E-state index contributed by atoms with van der Waals surface area (Å²) >= 11 is 0. The van der Waals surface area contributed by atoms with Gasteiger partial charge in [0.15, 0.2) is 6.61 Å². The summed E-state index contributed by atoms with van der Waals surface area (Å²) < 4.78 is 11.2. The van der Waals surface area contributed by atoms with Gasteiger partial charge < -0.3 is 20.1 Å². The van der Waals surface area contributed by atoms with E-state index in [1.54, 1.807) is 19.2 Å². The zero-order chi connectivity index (χ0) is 24.5. The van der Waals surface area contributed by atoms with Crippen LogP contribution < -0.4 is 20.1 Å². The Morgan fingerprint density at radius 2 is 1.46 bits per heavy atom. The average Bonchev–Trinajstić information content (AvgIpc) is 2.91. The first-order valence-electron chi connectivity index (χ1n) is 11.5. The normalized spacial score (nSPS) is 10.5. The quantitative estimate of drug-likeness (QED) is 0.359. The van der Waals surface area contributed by atoms with E-state index in [9.17, 15) is 9.59 Å². The van der Waals surface area contributed by atoms with Crippen LogP contribution in [0, 0.1) is 0 Å². The van der Waals surface area contributed by atoms with Crippen LogP contribution in [0.5, 0.6) is 11.5 Å². The van der Waals surface area contributed by atoms with Crippen molar-refractivity contribution >= 4 is 22.6 Å². The first kappa shape index (κ1) is 23.8. The Morgan fingerprint density at radius 3 is 2.23 bits per heavy atom. The Kier molecular flexibility index (Phi) is 7.96. The second-order valence-corrected chi connectivity index (χ2v) is 8.06. The predicted molar refractivity (Wildman–Crippen MR) is 137 cm³/mol. The van der Waals surface area contributed by atoms with Gasteiger partial charge in [0.1, 0.15) is 11.5 Å². The highest BCUT2D eigenvalue weighted by molar-refractivity contribution is 6.01. The molecule has 0 saturated carbocycles. The Morgan fingerprint density at radius 1 is 0.771 bits per heavy atom. The van der Waals surface area contributed by atoms with Gasteiger partial charge in [0.05, 0.1) is 12.7 Å². The SMILES string of the molecule is COc1ccccc1CCNC(=O)COc1cc2ccccc2cc1C(=O)NCc1ccccc1. The number of hydrogen-bond donors (Lipinski definition) is 2. The van der Waals surface area contributed by atoms with Gasteiger partial charge in [-0.25, -0.2) is 0 Å². The topological polar surface area (TPSA) is 76.7 Å². The molecule has 0 radical (unpaired) electrons. The zero-order valence-corrected chi connectivity index (χ0v) is 19.6. The third-order valence-electron chi connectivity index (χ3n) is 5.66. The van der Waals surface area contributed by atoms with E-state index >= 15 is 0 Å². The van der Waals surface area contributed by atoms with Gasteiger partial charge >= 0.3 is 0 Å². The molecule has 4 aromatic rings. The fraction of sp³-hybridized carbons (Fsp3) is 0.172. The van der Waals surface area contributed by atoms with Crippen LogP contribution in [0.2, 0.25) is 0 Å². The molecule has 4 rings (SSSR count). The molecule has 0 saturated heterocycles. The number of benzene rings is 4. The molecule has 0 bridgehead atoms. The van der Waals surface area contributed by atoms with Gasteiger partial charge in [-0.2, -0.15) is 0 Å². The number of rotatable bonds is 10. The van der Waals surface area contributed by atoms with Crippen molar-refractivity contribution in [1.29, 1.82) is 0 Å². The number of hydrogen-bond acceptors (Lipinski definition) is 4. The van der Waals surface area contributed by atoms with Crippen molar-refractivity contribution in [1.82, 2.24) is 10.6 Å². The minimum atomic E-state index is -0.260. The molecule has 0 heterocycles. The number of fused-ring (bicyclic) bond motifs is 1. The maximum absolute atomic E-state index is 13.0. The van der Waals surface area contributed by atoms with Crippen molar-refractivity contribution in [3.05, 3.63) is 108 Å². The Bertz CT molecular complexity index is 1300. The lowest BCUT2D eigenvalue weighted by Gasteiger charge is -2.14. The fourth-order valence-electron chi connectivity index (χ4n) is 3.83. The molecule has 178 valence electrons. The summed E-state index contributed by atoms with van der Waals surface area (Å²) in [5.41, 5.74) is 2.41. The number of amides is 2. The van der Waals surface area contributed by atoms with Gasteiger partial charge in [-0.05, 0) is 46.5 Å². The molecule has 0 aliphatic heterocycles. The Balaban J connectivity index is 1.40. The summed E-state index contributed by atoms with van der Waals surface area (Å²) in [4.78, 5) is 25.5. The van der Waals surface area contributed by atoms with Crippen molar-refractivity contribution < 1.29 is 19.1 Å². The van der Waals surface area contributed by atoms with E-state index in [1.807, 2.05) is 78.9 Å². The largest absolute Gasteiger partial charge is 0.496 e. The first-order chi connectivity index (χ1) is 17.1. The van der Waals surface area contributed by atoms with Crippen molar-refractivity contribution in [3.63, 3.8) is 0 Å². The van der Waals surface area contributed by atoms with E-state index in [1.165, 1.54) is 0 Å². The molecule has 0 unspecified atom stereocenters. The van der Waals surface area contributed by atoms with Crippen LogP contribution in [0.4, 0.5) is 0 Å². The van der Waals surface area contributed by atoms with Crippen LogP contribution in [0.25, 0.3) is 10.8 Å². The predicted octanol–water partition coefficient (Wildman–Crippen LogP) is 4.52. The molecule has 2 N–H and O–H groups in total. The fourth-order valence-corrected chi connectivity index (χ4v) is 3.83. The number of carbonyl (C=O) groups is 2. The number of nitrogens with one attached hydrogen (secondary N) is 2. The lowest BCUT2D eigenvalue weighted by Crippen LogP contribution is -2.31. The van der Waals surface area contributed by atoms with Crippen LogP contribution in [0.3, 0.4) is 0 Å². The smallest absolute Gasteiger partial charge is 0.257 e. The van der Waals surface area contributed by atoms with Crippen LogP contribution in [-0.2, 0) is 17.8 Å². The Hall–Kier alpha value is -4.32. The molecule has 6 heteroatoms. The van der Waals surface area contributed by atoms with Crippen LogP contribution >= 0.6 is 0 Å². The molecule has 0 fully saturated rings. The van der Waals surface area contributed by atoms with E-state index in [-0.39, 0.29) is 18.4 Å². The lowest BCUT2D eigenvalue weighted by molar-refractivity contribution is -0.123. The standard InChI is InChI=1S/C29H28N2O4/c1-34-26-14-8-7-11-22(26)15-16-30-28(32)20-35-27-18-24-13-6-5-12-23(24)17-25(27)29(33)31-19-21-9-3-2-4-10-21/h2-14,17-18H,15-16,19-20H2,1H3,(H,30,32)(H,31,33). The third-order valence-corrected chi connectivity index (χ3v) is 5.66. The van der Waals surface area contributed by atoms with Gasteiger partial charge in [0.25, 0.3) is 11.8 Å². The van der Waals surface area contributed by atoms with Gasteiger partial charge in [-0.3, -0.25) is 9.59 Å². The highest BCUT2D eigenvalue weighted by Gasteiger charge is 2.15. The zero-order valence-electron chi connectivity index (χ0n) is 19.6. The number of methoxy groups -OCH3 is 1. The van der Waals surface area contributed by atoms with Crippen molar-refractivity contribution in [2.45, 2.75) is 13.0 Å². The van der Waals surface area contributed by atoms with Crippen molar-refractivity contribution in [3.8, 4) is 11.5 Å². The van der Waals surface area contributed by atoms with Gasteiger partial charge in [-0.1, -0.05) is 72.8 Å². The minimum Gasteiger partial charge on any atom is -0.496 e. The summed E-state index contributed by atoms with van der Waals surface area (Å²) in [6, 6.07) is 28.7. The van der Waals surface area contributed by atoms with E-state index in [0.29, 0.717) is 30.8 Å². The summed E-state index contributed by atoms with van der Waals surface area (Å²) in [6.07, 6.45) is 0.638. The van der Waals surface area contributed by atoms with Crippen LogP contribution in [0.1, 0.15) is 21.5 Å². The minimum absolute atomic E-state index is 0.191. The molecule has 35 heavy (non-hydrogen) atoms. The molecule has 6 nitrogen and oxygen atoms in total. The molecule has 0 atom stereocenters. The number of carbonyl (C=O) groups excluding carboxylic acids is 2. The van der Waals surface area contributed by atoms with Gasteiger partial charge in [0.2, 0.25) is 0 Å². The number of para-hydroxylation sites is 1. The van der Waals surface area contributed by atoms with Crippen molar-refractivity contribution in [2.24, 2.45) is 0 Å². The highest BCUT2D eigenvalue weighted by atomic mass is 16.5. The second kappa shape index (κ2) is 11.7. The molecule has 0 aliphatic carbocycles.